The maximum atomic E-state index is 2.84. The summed E-state index contributed by atoms with van der Waals surface area (Å²) >= 11 is 0. The molecule has 0 N–H and O–H groups in total. The summed E-state index contributed by atoms with van der Waals surface area (Å²) < 4.78 is 0. The van der Waals surface area contributed by atoms with E-state index in [4.69, 9.17) is 0 Å². The SMILES string of the molecule is CC(C)C1CC2CC(C)(C)CC(C1)N2C(C)C. The molecule has 2 saturated heterocycles. The van der Waals surface area contributed by atoms with Gasteiger partial charge in [-0.2, -0.15) is 0 Å². The predicted molar refractivity (Wildman–Crippen MR) is 75.1 cm³/mol. The van der Waals surface area contributed by atoms with Crippen LogP contribution in [0, 0.1) is 17.3 Å². The molecule has 17 heavy (non-hydrogen) atoms. The smallest absolute Gasteiger partial charge is 0.0109 e. The molecule has 2 bridgehead atoms. The van der Waals surface area contributed by atoms with Crippen molar-refractivity contribution in [2.24, 2.45) is 17.3 Å². The fourth-order valence-electron chi connectivity index (χ4n) is 4.46. The molecule has 0 aromatic heterocycles. The van der Waals surface area contributed by atoms with Crippen molar-refractivity contribution in [2.45, 2.75) is 85.4 Å². The van der Waals surface area contributed by atoms with Gasteiger partial charge in [-0.05, 0) is 56.8 Å². The first-order valence-corrected chi connectivity index (χ1v) is 7.57. The maximum Gasteiger partial charge on any atom is 0.0109 e. The van der Waals surface area contributed by atoms with Crippen molar-refractivity contribution >= 4 is 0 Å². The van der Waals surface area contributed by atoms with E-state index in [2.05, 4.69) is 46.4 Å². The van der Waals surface area contributed by atoms with E-state index in [1.54, 1.807) is 0 Å². The van der Waals surface area contributed by atoms with Gasteiger partial charge in [0.1, 0.15) is 0 Å². The van der Waals surface area contributed by atoms with Crippen LogP contribution in [0.15, 0.2) is 0 Å². The summed E-state index contributed by atoms with van der Waals surface area (Å²) in [4.78, 5) is 2.84. The van der Waals surface area contributed by atoms with Crippen molar-refractivity contribution < 1.29 is 0 Å². The van der Waals surface area contributed by atoms with E-state index in [1.165, 1.54) is 25.7 Å². The van der Waals surface area contributed by atoms with E-state index in [1.807, 2.05) is 0 Å². The van der Waals surface area contributed by atoms with Gasteiger partial charge in [-0.15, -0.1) is 0 Å². The van der Waals surface area contributed by atoms with Gasteiger partial charge in [-0.25, -0.2) is 0 Å². The Morgan fingerprint density at radius 3 is 1.76 bits per heavy atom. The Hall–Kier alpha value is -0.0400. The highest BCUT2D eigenvalue weighted by molar-refractivity contribution is 4.99. The van der Waals surface area contributed by atoms with Crippen molar-refractivity contribution in [3.8, 4) is 0 Å². The molecule has 0 aromatic carbocycles. The molecule has 0 aromatic rings. The minimum absolute atomic E-state index is 0.572. The molecule has 2 rings (SSSR count). The van der Waals surface area contributed by atoms with Crippen LogP contribution in [0.25, 0.3) is 0 Å². The van der Waals surface area contributed by atoms with Crippen LogP contribution in [0.3, 0.4) is 0 Å². The van der Waals surface area contributed by atoms with Gasteiger partial charge >= 0.3 is 0 Å². The zero-order chi connectivity index (χ0) is 12.8. The van der Waals surface area contributed by atoms with Gasteiger partial charge in [-0.3, -0.25) is 4.90 Å². The second-order valence-electron chi connectivity index (χ2n) is 7.90. The fraction of sp³-hybridized carbons (Fsp3) is 1.00. The van der Waals surface area contributed by atoms with E-state index in [9.17, 15) is 0 Å². The lowest BCUT2D eigenvalue weighted by molar-refractivity contribution is -0.0614. The molecule has 2 atom stereocenters. The first-order chi connectivity index (χ1) is 7.80. The average molecular weight is 237 g/mol. The monoisotopic (exact) mass is 237 g/mol. The fourth-order valence-corrected chi connectivity index (χ4v) is 4.46. The number of hydrogen-bond acceptors (Lipinski definition) is 1. The standard InChI is InChI=1S/C16H31N/c1-11(2)13-7-14-9-16(5,6)10-15(8-13)17(14)12(3)4/h11-15H,7-10H2,1-6H3. The summed E-state index contributed by atoms with van der Waals surface area (Å²) in [6.45, 7) is 14.5. The lowest BCUT2D eigenvalue weighted by Crippen LogP contribution is -2.58. The first kappa shape index (κ1) is 13.4. The third-order valence-electron chi connectivity index (χ3n) is 5.11. The molecule has 0 spiro atoms. The molecular formula is C16H31N. The molecule has 2 aliphatic rings. The van der Waals surface area contributed by atoms with Gasteiger partial charge in [0.25, 0.3) is 0 Å². The van der Waals surface area contributed by atoms with E-state index in [-0.39, 0.29) is 0 Å². The van der Waals surface area contributed by atoms with Crippen LogP contribution in [0.5, 0.6) is 0 Å². The third kappa shape index (κ3) is 2.70. The Bertz CT molecular complexity index is 249. The Labute approximate surface area is 108 Å². The summed E-state index contributed by atoms with van der Waals surface area (Å²) in [5, 5.41) is 0. The topological polar surface area (TPSA) is 3.24 Å². The second-order valence-corrected chi connectivity index (χ2v) is 7.90. The van der Waals surface area contributed by atoms with Crippen LogP contribution in [-0.4, -0.2) is 23.0 Å². The minimum atomic E-state index is 0.572. The van der Waals surface area contributed by atoms with Crippen LogP contribution in [0.1, 0.15) is 67.2 Å². The average Bonchev–Trinajstić information content (AvgIpc) is 2.12. The zero-order valence-corrected chi connectivity index (χ0v) is 12.7. The summed E-state index contributed by atoms with van der Waals surface area (Å²) in [5.41, 5.74) is 0.572. The van der Waals surface area contributed by atoms with Crippen molar-refractivity contribution in [1.82, 2.24) is 4.90 Å². The number of piperidine rings is 2. The molecule has 2 aliphatic heterocycles. The van der Waals surface area contributed by atoms with Crippen molar-refractivity contribution in [3.63, 3.8) is 0 Å². The van der Waals surface area contributed by atoms with Gasteiger partial charge in [0, 0.05) is 18.1 Å². The lowest BCUT2D eigenvalue weighted by Gasteiger charge is -2.56. The van der Waals surface area contributed by atoms with E-state index in [0.717, 1.165) is 30.0 Å². The minimum Gasteiger partial charge on any atom is -0.295 e. The highest BCUT2D eigenvalue weighted by atomic mass is 15.2. The molecule has 2 unspecified atom stereocenters. The largest absolute Gasteiger partial charge is 0.295 e. The normalized spacial score (nSPS) is 37.8. The molecule has 0 amide bonds. The molecule has 2 heterocycles. The van der Waals surface area contributed by atoms with Gasteiger partial charge in [0.2, 0.25) is 0 Å². The highest BCUT2D eigenvalue weighted by Crippen LogP contribution is 2.47. The summed E-state index contributed by atoms with van der Waals surface area (Å²) in [6.07, 6.45) is 5.70. The highest BCUT2D eigenvalue weighted by Gasteiger charge is 2.45. The van der Waals surface area contributed by atoms with Crippen LogP contribution >= 0.6 is 0 Å². The number of fused-ring (bicyclic) bond motifs is 2. The van der Waals surface area contributed by atoms with Gasteiger partial charge < -0.3 is 0 Å². The lowest BCUT2D eigenvalue weighted by atomic mass is 9.65. The van der Waals surface area contributed by atoms with Crippen LogP contribution in [0.4, 0.5) is 0 Å². The third-order valence-corrected chi connectivity index (χ3v) is 5.11. The molecule has 1 heteroatoms. The second kappa shape index (κ2) is 4.57. The van der Waals surface area contributed by atoms with Gasteiger partial charge in [0.15, 0.2) is 0 Å². The van der Waals surface area contributed by atoms with E-state index in [0.29, 0.717) is 5.41 Å². The van der Waals surface area contributed by atoms with Crippen molar-refractivity contribution in [2.75, 3.05) is 0 Å². The van der Waals surface area contributed by atoms with Crippen LogP contribution in [-0.2, 0) is 0 Å². The molecule has 100 valence electrons. The van der Waals surface area contributed by atoms with Crippen molar-refractivity contribution in [3.05, 3.63) is 0 Å². The predicted octanol–water partition coefficient (Wildman–Crippen LogP) is 4.32. The van der Waals surface area contributed by atoms with E-state index >= 15 is 0 Å². The van der Waals surface area contributed by atoms with E-state index < -0.39 is 0 Å². The number of nitrogens with zero attached hydrogens (tertiary/aromatic N) is 1. The summed E-state index contributed by atoms with van der Waals surface area (Å²) in [6, 6.07) is 2.43. The molecule has 0 saturated carbocycles. The van der Waals surface area contributed by atoms with Crippen LogP contribution < -0.4 is 0 Å². The van der Waals surface area contributed by atoms with Gasteiger partial charge in [0.05, 0.1) is 0 Å². The Kier molecular flexibility index (Phi) is 3.60. The van der Waals surface area contributed by atoms with Gasteiger partial charge in [-0.1, -0.05) is 27.7 Å². The number of hydrogen-bond donors (Lipinski definition) is 0. The Balaban J connectivity index is 2.17. The zero-order valence-electron chi connectivity index (χ0n) is 12.7. The molecule has 0 radical (unpaired) electrons. The summed E-state index contributed by atoms with van der Waals surface area (Å²) in [5.74, 6) is 1.84. The Morgan fingerprint density at radius 2 is 1.41 bits per heavy atom. The Morgan fingerprint density at radius 1 is 0.941 bits per heavy atom. The quantitative estimate of drug-likeness (QED) is 0.691. The van der Waals surface area contributed by atoms with Crippen LogP contribution in [0.2, 0.25) is 0 Å². The molecule has 1 nitrogen and oxygen atoms in total. The van der Waals surface area contributed by atoms with Crippen molar-refractivity contribution in [1.29, 1.82) is 0 Å². The summed E-state index contributed by atoms with van der Waals surface area (Å²) in [7, 11) is 0. The maximum absolute atomic E-state index is 2.84. The molecule has 2 fully saturated rings. The molecule has 0 aliphatic carbocycles. The molecular weight excluding hydrogens is 206 g/mol. The number of rotatable bonds is 2. The first-order valence-electron chi connectivity index (χ1n) is 7.57.